The molecule has 0 N–H and O–H groups in total. The van der Waals surface area contributed by atoms with Crippen LogP contribution in [0, 0.1) is 0 Å². The van der Waals surface area contributed by atoms with Gasteiger partial charge in [-0.05, 0) is 88.2 Å². The van der Waals surface area contributed by atoms with Crippen LogP contribution in [-0.4, -0.2) is 0 Å². The van der Waals surface area contributed by atoms with E-state index in [1.165, 1.54) is 76.1 Å². The molecular formula is C36H22. The fourth-order valence-corrected chi connectivity index (χ4v) is 6.22. The summed E-state index contributed by atoms with van der Waals surface area (Å²) in [5, 5.41) is 13.1. The number of fused-ring (bicyclic) bond motifs is 2. The summed E-state index contributed by atoms with van der Waals surface area (Å²) in [5.41, 5.74) is 5.19. The van der Waals surface area contributed by atoms with Gasteiger partial charge in [-0.15, -0.1) is 0 Å². The van der Waals surface area contributed by atoms with E-state index in [1.807, 2.05) is 0 Å². The first-order chi connectivity index (χ1) is 17.9. The summed E-state index contributed by atoms with van der Waals surface area (Å²) in [5.74, 6) is 0. The zero-order valence-corrected chi connectivity index (χ0v) is 19.7. The second-order valence-corrected chi connectivity index (χ2v) is 9.71. The summed E-state index contributed by atoms with van der Waals surface area (Å²) in [7, 11) is 0. The highest BCUT2D eigenvalue weighted by atomic mass is 14.2. The Hall–Kier alpha value is -4.68. The van der Waals surface area contributed by atoms with Crippen LogP contribution in [0.2, 0.25) is 0 Å². The second-order valence-electron chi connectivity index (χ2n) is 9.71. The summed E-state index contributed by atoms with van der Waals surface area (Å²) in [4.78, 5) is 0. The van der Waals surface area contributed by atoms with Crippen molar-refractivity contribution in [2.75, 3.05) is 0 Å². The molecule has 166 valence electrons. The molecule has 0 nitrogen and oxygen atoms in total. The fourth-order valence-electron chi connectivity index (χ4n) is 6.22. The van der Waals surface area contributed by atoms with E-state index in [9.17, 15) is 0 Å². The van der Waals surface area contributed by atoms with Crippen LogP contribution >= 0.6 is 0 Å². The SMILES string of the molecule is c1ccc2c(-c3cc4cccc5c(-c6cccc7ccccc67)cc6cccc3c6c45)cccc2c1. The molecule has 0 atom stereocenters. The summed E-state index contributed by atoms with van der Waals surface area (Å²) in [6.07, 6.45) is 0. The van der Waals surface area contributed by atoms with Gasteiger partial charge in [0.15, 0.2) is 0 Å². The summed E-state index contributed by atoms with van der Waals surface area (Å²) in [6, 6.07) is 49.1. The quantitative estimate of drug-likeness (QED) is 0.228. The lowest BCUT2D eigenvalue weighted by Gasteiger charge is -2.19. The van der Waals surface area contributed by atoms with Crippen molar-refractivity contribution < 1.29 is 0 Å². The van der Waals surface area contributed by atoms with Crippen LogP contribution in [0.25, 0.3) is 76.1 Å². The van der Waals surface area contributed by atoms with E-state index in [0.717, 1.165) is 0 Å². The van der Waals surface area contributed by atoms with Gasteiger partial charge in [0.1, 0.15) is 0 Å². The Bertz CT molecular complexity index is 1930. The van der Waals surface area contributed by atoms with E-state index in [1.54, 1.807) is 0 Å². The maximum atomic E-state index is 2.40. The molecule has 0 spiro atoms. The average Bonchev–Trinajstić information content (AvgIpc) is 2.95. The largest absolute Gasteiger partial charge is 0.0616 e. The number of hydrogen-bond donors (Lipinski definition) is 0. The minimum absolute atomic E-state index is 1.28. The highest BCUT2D eigenvalue weighted by Gasteiger charge is 2.17. The Morgan fingerprint density at radius 1 is 0.250 bits per heavy atom. The topological polar surface area (TPSA) is 0 Å². The van der Waals surface area contributed by atoms with E-state index >= 15 is 0 Å². The monoisotopic (exact) mass is 454 g/mol. The molecule has 0 heteroatoms. The fraction of sp³-hybridized carbons (Fsp3) is 0. The zero-order chi connectivity index (χ0) is 23.6. The first kappa shape index (κ1) is 19.6. The molecule has 0 radical (unpaired) electrons. The molecule has 0 heterocycles. The molecule has 0 amide bonds. The van der Waals surface area contributed by atoms with E-state index in [-0.39, 0.29) is 0 Å². The summed E-state index contributed by atoms with van der Waals surface area (Å²) >= 11 is 0. The van der Waals surface area contributed by atoms with Gasteiger partial charge < -0.3 is 0 Å². The summed E-state index contributed by atoms with van der Waals surface area (Å²) < 4.78 is 0. The average molecular weight is 455 g/mol. The molecule has 0 aliphatic heterocycles. The molecule has 8 aromatic rings. The lowest BCUT2D eigenvalue weighted by Crippen LogP contribution is -1.91. The lowest BCUT2D eigenvalue weighted by molar-refractivity contribution is 1.69. The van der Waals surface area contributed by atoms with Crippen LogP contribution in [-0.2, 0) is 0 Å². The molecule has 0 aliphatic carbocycles. The van der Waals surface area contributed by atoms with Gasteiger partial charge >= 0.3 is 0 Å². The highest BCUT2D eigenvalue weighted by molar-refractivity contribution is 6.30. The molecular weight excluding hydrogens is 432 g/mol. The minimum Gasteiger partial charge on any atom is -0.0616 e. The minimum atomic E-state index is 1.28. The normalized spacial score (nSPS) is 11.9. The van der Waals surface area contributed by atoms with E-state index in [2.05, 4.69) is 133 Å². The van der Waals surface area contributed by atoms with Crippen LogP contribution in [0.5, 0.6) is 0 Å². The van der Waals surface area contributed by atoms with Gasteiger partial charge in [-0.3, -0.25) is 0 Å². The molecule has 36 heavy (non-hydrogen) atoms. The van der Waals surface area contributed by atoms with Crippen molar-refractivity contribution in [3.05, 3.63) is 133 Å². The van der Waals surface area contributed by atoms with Crippen LogP contribution < -0.4 is 0 Å². The Kier molecular flexibility index (Phi) is 4.03. The Morgan fingerprint density at radius 3 is 1.11 bits per heavy atom. The Labute approximate surface area is 209 Å². The third-order valence-electron chi connectivity index (χ3n) is 7.78. The molecule has 0 aromatic heterocycles. The third-order valence-corrected chi connectivity index (χ3v) is 7.78. The van der Waals surface area contributed by atoms with Crippen molar-refractivity contribution in [3.8, 4) is 22.3 Å². The molecule has 8 aromatic carbocycles. The molecule has 0 unspecified atom stereocenters. The zero-order valence-electron chi connectivity index (χ0n) is 19.7. The molecule has 0 saturated heterocycles. The van der Waals surface area contributed by atoms with Crippen molar-refractivity contribution in [3.63, 3.8) is 0 Å². The number of benzene rings is 8. The van der Waals surface area contributed by atoms with Gasteiger partial charge in [0.2, 0.25) is 0 Å². The smallest absolute Gasteiger partial charge is 0.00201 e. The van der Waals surface area contributed by atoms with E-state index < -0.39 is 0 Å². The Balaban J connectivity index is 1.53. The van der Waals surface area contributed by atoms with Crippen molar-refractivity contribution in [2.45, 2.75) is 0 Å². The van der Waals surface area contributed by atoms with Gasteiger partial charge in [-0.25, -0.2) is 0 Å². The van der Waals surface area contributed by atoms with Gasteiger partial charge in [-0.2, -0.15) is 0 Å². The van der Waals surface area contributed by atoms with Crippen molar-refractivity contribution in [1.29, 1.82) is 0 Å². The number of rotatable bonds is 2. The predicted octanol–water partition coefficient (Wildman–Crippen LogP) is 10.2. The Morgan fingerprint density at radius 2 is 0.611 bits per heavy atom. The van der Waals surface area contributed by atoms with Crippen LogP contribution in [0.15, 0.2) is 133 Å². The highest BCUT2D eigenvalue weighted by Crippen LogP contribution is 2.45. The lowest BCUT2D eigenvalue weighted by atomic mass is 9.84. The van der Waals surface area contributed by atoms with Crippen LogP contribution in [0.4, 0.5) is 0 Å². The molecule has 0 fully saturated rings. The number of hydrogen-bond acceptors (Lipinski definition) is 0. The van der Waals surface area contributed by atoms with E-state index in [4.69, 9.17) is 0 Å². The predicted molar refractivity (Wildman–Crippen MR) is 156 cm³/mol. The van der Waals surface area contributed by atoms with Crippen molar-refractivity contribution >= 4 is 53.9 Å². The van der Waals surface area contributed by atoms with E-state index in [0.29, 0.717) is 0 Å². The van der Waals surface area contributed by atoms with Crippen molar-refractivity contribution in [1.82, 2.24) is 0 Å². The van der Waals surface area contributed by atoms with Crippen LogP contribution in [0.3, 0.4) is 0 Å². The maximum absolute atomic E-state index is 2.40. The van der Waals surface area contributed by atoms with Gasteiger partial charge in [0.05, 0.1) is 0 Å². The maximum Gasteiger partial charge on any atom is -0.00201 e. The molecule has 8 rings (SSSR count). The van der Waals surface area contributed by atoms with Crippen LogP contribution in [0.1, 0.15) is 0 Å². The molecule has 0 aliphatic rings. The standard InChI is InChI=1S/C36H22/c1-3-15-27-23(9-1)11-5-17-29(27)33-21-25-13-8-20-32-34(22-26-14-7-19-31(33)35(26)36(25)32)30-18-6-12-24-10-2-4-16-28(24)30/h1-22H. The molecule has 0 bridgehead atoms. The van der Waals surface area contributed by atoms with Crippen molar-refractivity contribution in [2.24, 2.45) is 0 Å². The first-order valence-corrected chi connectivity index (χ1v) is 12.5. The first-order valence-electron chi connectivity index (χ1n) is 12.5. The van der Waals surface area contributed by atoms with Gasteiger partial charge in [0.25, 0.3) is 0 Å². The van der Waals surface area contributed by atoms with Gasteiger partial charge in [0, 0.05) is 0 Å². The second kappa shape index (κ2) is 7.41. The van der Waals surface area contributed by atoms with Gasteiger partial charge in [-0.1, -0.05) is 121 Å². The molecule has 0 saturated carbocycles. The summed E-state index contributed by atoms with van der Waals surface area (Å²) in [6.45, 7) is 0. The third kappa shape index (κ3) is 2.70.